The molecule has 1 unspecified atom stereocenters. The number of hydrogen-bond acceptors (Lipinski definition) is 4. The number of pyridine rings is 1. The monoisotopic (exact) mass is 235 g/mol. The number of nitrogens with zero attached hydrogens (tertiary/aromatic N) is 2. The third-order valence-corrected chi connectivity index (χ3v) is 2.96. The Bertz CT molecular complexity index is 445. The predicted octanol–water partition coefficient (Wildman–Crippen LogP) is 1.13. The van der Waals surface area contributed by atoms with Gasteiger partial charge in [-0.2, -0.15) is 0 Å². The first-order valence-corrected chi connectivity index (χ1v) is 5.73. The first kappa shape index (κ1) is 11.9. The van der Waals surface area contributed by atoms with Gasteiger partial charge < -0.3 is 15.3 Å². The highest BCUT2D eigenvalue weighted by Crippen LogP contribution is 2.31. The lowest BCUT2D eigenvalue weighted by Crippen LogP contribution is -2.50. The Labute approximate surface area is 100 Å². The Hall–Kier alpha value is -1.62. The van der Waals surface area contributed by atoms with Gasteiger partial charge in [0.2, 0.25) is 5.91 Å². The molecular formula is C12H17N3O2. The van der Waals surface area contributed by atoms with Gasteiger partial charge in [0.05, 0.1) is 12.3 Å². The minimum atomic E-state index is -0.227. The van der Waals surface area contributed by atoms with Crippen molar-refractivity contribution in [2.45, 2.75) is 39.5 Å². The molecule has 17 heavy (non-hydrogen) atoms. The maximum Gasteiger partial charge on any atom is 0.246 e. The minimum Gasteiger partial charge on any atom is -0.392 e. The van der Waals surface area contributed by atoms with Gasteiger partial charge in [0.1, 0.15) is 6.04 Å². The van der Waals surface area contributed by atoms with Gasteiger partial charge in [0.25, 0.3) is 0 Å². The van der Waals surface area contributed by atoms with Gasteiger partial charge in [-0.25, -0.2) is 4.98 Å². The second-order valence-corrected chi connectivity index (χ2v) is 4.54. The number of amides is 1. The molecule has 0 saturated heterocycles. The topological polar surface area (TPSA) is 65.5 Å². The predicted molar refractivity (Wildman–Crippen MR) is 65.9 cm³/mol. The van der Waals surface area contributed by atoms with Gasteiger partial charge in [0.15, 0.2) is 5.82 Å². The lowest BCUT2D eigenvalue weighted by atomic mass is 10.1. The number of rotatable bonds is 2. The van der Waals surface area contributed by atoms with Crippen molar-refractivity contribution in [3.05, 3.63) is 17.8 Å². The number of nitrogens with one attached hydrogen (secondary N) is 1. The number of carbonyl (C=O) groups excluding carboxylic acids is 1. The van der Waals surface area contributed by atoms with Crippen molar-refractivity contribution < 1.29 is 9.90 Å². The Morgan fingerprint density at radius 3 is 2.88 bits per heavy atom. The Morgan fingerprint density at radius 1 is 1.59 bits per heavy atom. The molecule has 0 radical (unpaired) electrons. The van der Waals surface area contributed by atoms with Crippen molar-refractivity contribution in [1.82, 2.24) is 4.98 Å². The number of aliphatic hydroxyl groups excluding tert-OH is 1. The van der Waals surface area contributed by atoms with Crippen LogP contribution in [0.1, 0.15) is 26.3 Å². The maximum atomic E-state index is 11.8. The van der Waals surface area contributed by atoms with Crippen LogP contribution in [-0.2, 0) is 11.4 Å². The van der Waals surface area contributed by atoms with Crippen molar-refractivity contribution >= 4 is 17.4 Å². The third kappa shape index (κ3) is 1.98. The summed E-state index contributed by atoms with van der Waals surface area (Å²) in [5, 5.41) is 11.9. The van der Waals surface area contributed by atoms with Crippen LogP contribution in [0.5, 0.6) is 0 Å². The number of fused-ring (bicyclic) bond motifs is 1. The molecule has 5 nitrogen and oxygen atoms in total. The van der Waals surface area contributed by atoms with Gasteiger partial charge in [-0.1, -0.05) is 0 Å². The molecule has 2 heterocycles. The van der Waals surface area contributed by atoms with E-state index in [1.807, 2.05) is 25.7 Å². The molecule has 2 N–H and O–H groups in total. The molecule has 2 rings (SSSR count). The van der Waals surface area contributed by atoms with Crippen LogP contribution in [-0.4, -0.2) is 28.1 Å². The molecule has 1 aromatic heterocycles. The molecule has 0 saturated carbocycles. The largest absolute Gasteiger partial charge is 0.392 e. The SMILES string of the molecule is CC(C)N1c2ncc(CO)cc2NC(=O)C1C. The lowest BCUT2D eigenvalue weighted by molar-refractivity contribution is -0.117. The number of hydrogen-bond donors (Lipinski definition) is 2. The fraction of sp³-hybridized carbons (Fsp3) is 0.500. The van der Waals surface area contributed by atoms with E-state index in [1.54, 1.807) is 12.3 Å². The zero-order chi connectivity index (χ0) is 12.6. The Kier molecular flexibility index (Phi) is 3.02. The van der Waals surface area contributed by atoms with Crippen LogP contribution < -0.4 is 10.2 Å². The Morgan fingerprint density at radius 2 is 2.29 bits per heavy atom. The highest BCUT2D eigenvalue weighted by atomic mass is 16.3. The number of carbonyl (C=O) groups is 1. The van der Waals surface area contributed by atoms with Crippen LogP contribution in [0.25, 0.3) is 0 Å². The van der Waals surface area contributed by atoms with E-state index in [9.17, 15) is 4.79 Å². The average molecular weight is 235 g/mol. The molecule has 0 bridgehead atoms. The molecule has 0 aromatic carbocycles. The normalized spacial score (nSPS) is 19.2. The smallest absolute Gasteiger partial charge is 0.246 e. The van der Waals surface area contributed by atoms with Gasteiger partial charge in [0, 0.05) is 12.2 Å². The van der Waals surface area contributed by atoms with Gasteiger partial charge in [-0.15, -0.1) is 0 Å². The summed E-state index contributed by atoms with van der Waals surface area (Å²) in [6.45, 7) is 5.84. The zero-order valence-electron chi connectivity index (χ0n) is 10.3. The van der Waals surface area contributed by atoms with Gasteiger partial charge >= 0.3 is 0 Å². The van der Waals surface area contributed by atoms with E-state index in [1.165, 1.54) is 0 Å². The fourth-order valence-corrected chi connectivity index (χ4v) is 2.12. The second kappa shape index (κ2) is 4.33. The first-order chi connectivity index (χ1) is 8.04. The second-order valence-electron chi connectivity index (χ2n) is 4.54. The van der Waals surface area contributed by atoms with Crippen LogP contribution >= 0.6 is 0 Å². The van der Waals surface area contributed by atoms with E-state index >= 15 is 0 Å². The van der Waals surface area contributed by atoms with Crippen molar-refractivity contribution in [1.29, 1.82) is 0 Å². The quantitative estimate of drug-likeness (QED) is 0.806. The highest BCUT2D eigenvalue weighted by molar-refractivity contribution is 6.02. The molecule has 1 atom stereocenters. The molecule has 1 aliphatic rings. The van der Waals surface area contributed by atoms with Crippen LogP contribution in [0.15, 0.2) is 12.3 Å². The average Bonchev–Trinajstić information content (AvgIpc) is 2.29. The number of aliphatic hydroxyl groups is 1. The van der Waals surface area contributed by atoms with E-state index < -0.39 is 0 Å². The molecular weight excluding hydrogens is 218 g/mol. The molecule has 0 spiro atoms. The molecule has 1 aliphatic heterocycles. The van der Waals surface area contributed by atoms with E-state index in [0.717, 1.165) is 5.82 Å². The summed E-state index contributed by atoms with van der Waals surface area (Å²) in [6, 6.07) is 1.74. The van der Waals surface area contributed by atoms with Crippen molar-refractivity contribution in [3.8, 4) is 0 Å². The van der Waals surface area contributed by atoms with Crippen molar-refractivity contribution in [3.63, 3.8) is 0 Å². The van der Waals surface area contributed by atoms with Crippen molar-refractivity contribution in [2.24, 2.45) is 0 Å². The molecule has 92 valence electrons. The van der Waals surface area contributed by atoms with E-state index in [0.29, 0.717) is 11.3 Å². The number of aromatic nitrogens is 1. The maximum absolute atomic E-state index is 11.8. The summed E-state index contributed by atoms with van der Waals surface area (Å²) in [4.78, 5) is 18.1. The first-order valence-electron chi connectivity index (χ1n) is 5.73. The van der Waals surface area contributed by atoms with Gasteiger partial charge in [-0.05, 0) is 32.4 Å². The molecule has 0 aliphatic carbocycles. The highest BCUT2D eigenvalue weighted by Gasteiger charge is 2.32. The molecule has 1 amide bonds. The molecule has 5 heteroatoms. The summed E-state index contributed by atoms with van der Waals surface area (Å²) >= 11 is 0. The van der Waals surface area contributed by atoms with Crippen LogP contribution in [0, 0.1) is 0 Å². The molecule has 1 aromatic rings. The van der Waals surface area contributed by atoms with E-state index in [2.05, 4.69) is 10.3 Å². The standard InChI is InChI=1S/C12H17N3O2/c1-7(2)15-8(3)12(17)14-10-4-9(6-16)5-13-11(10)15/h4-5,7-8,16H,6H2,1-3H3,(H,14,17). The minimum absolute atomic E-state index is 0.0388. The summed E-state index contributed by atoms with van der Waals surface area (Å²) < 4.78 is 0. The van der Waals surface area contributed by atoms with E-state index in [-0.39, 0.29) is 24.6 Å². The van der Waals surface area contributed by atoms with Crippen LogP contribution in [0.3, 0.4) is 0 Å². The Balaban J connectivity index is 2.49. The summed E-state index contributed by atoms with van der Waals surface area (Å²) in [7, 11) is 0. The summed E-state index contributed by atoms with van der Waals surface area (Å²) in [5.41, 5.74) is 1.37. The van der Waals surface area contributed by atoms with E-state index in [4.69, 9.17) is 5.11 Å². The third-order valence-electron chi connectivity index (χ3n) is 2.96. The lowest BCUT2D eigenvalue weighted by Gasteiger charge is -2.38. The van der Waals surface area contributed by atoms with Crippen LogP contribution in [0.4, 0.5) is 11.5 Å². The number of anilines is 2. The fourth-order valence-electron chi connectivity index (χ4n) is 2.12. The van der Waals surface area contributed by atoms with Gasteiger partial charge in [-0.3, -0.25) is 4.79 Å². The summed E-state index contributed by atoms with van der Waals surface area (Å²) in [5.74, 6) is 0.729. The van der Waals surface area contributed by atoms with Crippen LogP contribution in [0.2, 0.25) is 0 Å². The zero-order valence-corrected chi connectivity index (χ0v) is 10.3. The summed E-state index contributed by atoms with van der Waals surface area (Å²) in [6.07, 6.45) is 1.64. The molecule has 0 fully saturated rings. The van der Waals surface area contributed by atoms with Crippen molar-refractivity contribution in [2.75, 3.05) is 10.2 Å².